The van der Waals surface area contributed by atoms with Gasteiger partial charge in [0.05, 0.1) is 14.3 Å². The topological polar surface area (TPSA) is 71.3 Å². The highest BCUT2D eigenvalue weighted by Crippen LogP contribution is 2.31. The van der Waals surface area contributed by atoms with Crippen LogP contribution in [0.25, 0.3) is 6.08 Å². The van der Waals surface area contributed by atoms with Gasteiger partial charge in [0.15, 0.2) is 0 Å². The van der Waals surface area contributed by atoms with Crippen molar-refractivity contribution in [3.05, 3.63) is 89.5 Å². The van der Waals surface area contributed by atoms with Crippen molar-refractivity contribution < 1.29 is 14.3 Å². The van der Waals surface area contributed by atoms with E-state index in [1.54, 1.807) is 37.5 Å². The molecule has 0 heterocycles. The number of nitrogens with one attached hydrogen (secondary N) is 1. The Hall–Kier alpha value is -2.29. The van der Waals surface area contributed by atoms with Gasteiger partial charge in [0.25, 0.3) is 5.91 Å². The van der Waals surface area contributed by atoms with Gasteiger partial charge in [0, 0.05) is 16.3 Å². The number of anilines is 1. The highest BCUT2D eigenvalue weighted by molar-refractivity contribution is 14.1. The number of halogens is 3. The third-order valence-electron chi connectivity index (χ3n) is 4.37. The average molecular weight is 671 g/mol. The normalized spacial score (nSPS) is 10.9. The van der Waals surface area contributed by atoms with E-state index < -0.39 is 5.91 Å². The van der Waals surface area contributed by atoms with Crippen LogP contribution in [0.15, 0.2) is 66.2 Å². The summed E-state index contributed by atoms with van der Waals surface area (Å²) in [6.07, 6.45) is 1.56. The fraction of sp³-hybridized carbons (Fsp3) is 0.0833. The van der Waals surface area contributed by atoms with Gasteiger partial charge in [-0.05, 0) is 99.3 Å². The highest BCUT2D eigenvalue weighted by atomic mass is 127. The van der Waals surface area contributed by atoms with E-state index in [1.807, 2.05) is 42.5 Å². The van der Waals surface area contributed by atoms with Gasteiger partial charge in [-0.2, -0.15) is 5.26 Å². The predicted molar refractivity (Wildman–Crippen MR) is 143 cm³/mol. The molecule has 0 bridgehead atoms. The summed E-state index contributed by atoms with van der Waals surface area (Å²) in [5.74, 6) is 0.922. The van der Waals surface area contributed by atoms with E-state index in [0.717, 1.165) is 24.0 Å². The fourth-order valence-corrected chi connectivity index (χ4v) is 5.07. The van der Waals surface area contributed by atoms with Crippen molar-refractivity contribution in [2.24, 2.45) is 0 Å². The van der Waals surface area contributed by atoms with E-state index in [2.05, 4.69) is 50.5 Å². The second-order valence-corrected chi connectivity index (χ2v) is 9.28. The Morgan fingerprint density at radius 2 is 1.78 bits per heavy atom. The van der Waals surface area contributed by atoms with E-state index in [9.17, 15) is 10.1 Å². The van der Waals surface area contributed by atoms with Gasteiger partial charge in [0.1, 0.15) is 29.7 Å². The molecule has 0 fully saturated rings. The molecule has 0 aromatic heterocycles. The van der Waals surface area contributed by atoms with Crippen LogP contribution >= 0.6 is 56.8 Å². The van der Waals surface area contributed by atoms with Gasteiger partial charge in [-0.3, -0.25) is 4.79 Å². The van der Waals surface area contributed by atoms with E-state index in [1.165, 1.54) is 0 Å². The Bertz CT molecular complexity index is 1180. The Labute approximate surface area is 218 Å². The van der Waals surface area contributed by atoms with Crippen LogP contribution in [0, 0.1) is 18.5 Å². The minimum Gasteiger partial charge on any atom is -0.497 e. The molecule has 0 saturated carbocycles. The smallest absolute Gasteiger partial charge is 0.266 e. The van der Waals surface area contributed by atoms with Crippen molar-refractivity contribution in [1.82, 2.24) is 0 Å². The third-order valence-corrected chi connectivity index (χ3v) is 6.35. The molecule has 1 amide bonds. The quantitative estimate of drug-likeness (QED) is 0.173. The van der Waals surface area contributed by atoms with Crippen molar-refractivity contribution >= 4 is 74.5 Å². The molecule has 0 spiro atoms. The first-order valence-electron chi connectivity index (χ1n) is 9.33. The molecule has 0 aliphatic carbocycles. The number of methoxy groups -OCH3 is 1. The molecule has 3 aromatic carbocycles. The molecule has 3 aromatic rings. The number of nitriles is 1. The zero-order chi connectivity index (χ0) is 23.1. The van der Waals surface area contributed by atoms with E-state index in [4.69, 9.17) is 21.1 Å². The van der Waals surface area contributed by atoms with Crippen LogP contribution in [0.5, 0.6) is 11.5 Å². The SMILES string of the molecule is COc1ccc(NC(=O)/C(C#N)=C\c2cc(I)c(OCc3ccccc3Cl)c(I)c2)cc1. The summed E-state index contributed by atoms with van der Waals surface area (Å²) < 4.78 is 12.8. The molecular formula is C24H17ClI2N2O3. The lowest BCUT2D eigenvalue weighted by Crippen LogP contribution is -2.13. The summed E-state index contributed by atoms with van der Waals surface area (Å²) in [6, 6.07) is 20.1. The Morgan fingerprint density at radius 1 is 1.12 bits per heavy atom. The molecule has 8 heteroatoms. The number of carbonyl (C=O) groups is 1. The van der Waals surface area contributed by atoms with Crippen LogP contribution in [0.4, 0.5) is 5.69 Å². The highest BCUT2D eigenvalue weighted by Gasteiger charge is 2.13. The summed E-state index contributed by atoms with van der Waals surface area (Å²) in [5.41, 5.74) is 2.19. The van der Waals surface area contributed by atoms with Gasteiger partial charge in [0.2, 0.25) is 0 Å². The van der Waals surface area contributed by atoms with Gasteiger partial charge in [-0.1, -0.05) is 29.8 Å². The first-order valence-corrected chi connectivity index (χ1v) is 11.9. The maximum absolute atomic E-state index is 12.6. The van der Waals surface area contributed by atoms with Crippen molar-refractivity contribution in [2.75, 3.05) is 12.4 Å². The van der Waals surface area contributed by atoms with E-state index in [0.29, 0.717) is 23.1 Å². The van der Waals surface area contributed by atoms with Crippen LogP contribution in [0.2, 0.25) is 5.02 Å². The largest absolute Gasteiger partial charge is 0.497 e. The first-order chi connectivity index (χ1) is 15.4. The van der Waals surface area contributed by atoms with Gasteiger partial charge in [-0.25, -0.2) is 0 Å². The van der Waals surface area contributed by atoms with Crippen LogP contribution in [-0.2, 0) is 11.4 Å². The van der Waals surface area contributed by atoms with Crippen molar-refractivity contribution in [2.45, 2.75) is 6.61 Å². The standard InChI is InChI=1S/C24H17ClI2N2O3/c1-31-19-8-6-18(7-9-19)29-24(30)17(13-28)10-15-11-21(26)23(22(27)12-15)32-14-16-4-2-3-5-20(16)25/h2-12H,14H2,1H3,(H,29,30)/b17-10-. The number of carbonyl (C=O) groups excluding carboxylic acids is 1. The molecular weight excluding hydrogens is 654 g/mol. The lowest BCUT2D eigenvalue weighted by Gasteiger charge is -2.12. The maximum Gasteiger partial charge on any atom is 0.266 e. The number of benzene rings is 3. The predicted octanol–water partition coefficient (Wildman–Crippen LogP) is 6.68. The van der Waals surface area contributed by atoms with Crippen molar-refractivity contribution in [3.8, 4) is 17.6 Å². The van der Waals surface area contributed by atoms with Crippen LogP contribution in [-0.4, -0.2) is 13.0 Å². The number of ether oxygens (including phenoxy) is 2. The molecule has 32 heavy (non-hydrogen) atoms. The summed E-state index contributed by atoms with van der Waals surface area (Å²) in [5, 5.41) is 12.9. The Morgan fingerprint density at radius 3 is 2.38 bits per heavy atom. The van der Waals surface area contributed by atoms with Crippen molar-refractivity contribution in [3.63, 3.8) is 0 Å². The number of hydrogen-bond donors (Lipinski definition) is 1. The van der Waals surface area contributed by atoms with Gasteiger partial charge >= 0.3 is 0 Å². The summed E-state index contributed by atoms with van der Waals surface area (Å²) in [6.45, 7) is 0.342. The average Bonchev–Trinajstić information content (AvgIpc) is 2.78. The van der Waals surface area contributed by atoms with Gasteiger partial charge in [-0.15, -0.1) is 0 Å². The molecule has 1 N–H and O–H groups in total. The van der Waals surface area contributed by atoms with Crippen LogP contribution in [0.1, 0.15) is 11.1 Å². The monoisotopic (exact) mass is 670 g/mol. The minimum atomic E-state index is -0.485. The first kappa shape index (κ1) is 24.4. The zero-order valence-corrected chi connectivity index (χ0v) is 21.9. The minimum absolute atomic E-state index is 0.00264. The summed E-state index contributed by atoms with van der Waals surface area (Å²) in [4.78, 5) is 12.6. The molecule has 3 rings (SSSR count). The summed E-state index contributed by atoms with van der Waals surface area (Å²) in [7, 11) is 1.57. The number of nitrogens with zero attached hydrogens (tertiary/aromatic N) is 1. The lowest BCUT2D eigenvalue weighted by atomic mass is 10.1. The third kappa shape index (κ3) is 6.37. The number of amides is 1. The molecule has 0 unspecified atom stereocenters. The van der Waals surface area contributed by atoms with E-state index >= 15 is 0 Å². The van der Waals surface area contributed by atoms with Crippen LogP contribution in [0.3, 0.4) is 0 Å². The molecule has 162 valence electrons. The Balaban J connectivity index is 1.76. The zero-order valence-electron chi connectivity index (χ0n) is 16.9. The van der Waals surface area contributed by atoms with Crippen molar-refractivity contribution in [1.29, 1.82) is 5.26 Å². The second kappa shape index (κ2) is 11.5. The van der Waals surface area contributed by atoms with E-state index in [-0.39, 0.29) is 5.57 Å². The summed E-state index contributed by atoms with van der Waals surface area (Å²) >= 11 is 10.6. The molecule has 5 nitrogen and oxygen atoms in total. The Kier molecular flexibility index (Phi) is 8.78. The molecule has 0 aliphatic rings. The molecule has 0 aliphatic heterocycles. The number of rotatable bonds is 7. The molecule has 0 saturated heterocycles. The maximum atomic E-state index is 12.6. The number of hydrogen-bond acceptors (Lipinski definition) is 4. The van der Waals surface area contributed by atoms with Crippen LogP contribution < -0.4 is 14.8 Å². The van der Waals surface area contributed by atoms with Gasteiger partial charge < -0.3 is 14.8 Å². The molecule has 0 radical (unpaired) electrons. The lowest BCUT2D eigenvalue weighted by molar-refractivity contribution is -0.112. The second-order valence-electron chi connectivity index (χ2n) is 6.55. The fourth-order valence-electron chi connectivity index (χ4n) is 2.75. The molecule has 0 atom stereocenters.